The number of ether oxygens (including phenoxy) is 2. The van der Waals surface area contributed by atoms with Gasteiger partial charge in [0, 0.05) is 38.2 Å². The van der Waals surface area contributed by atoms with Gasteiger partial charge in [-0.1, -0.05) is 12.1 Å². The van der Waals surface area contributed by atoms with Gasteiger partial charge in [0.05, 0.1) is 0 Å². The highest BCUT2D eigenvalue weighted by molar-refractivity contribution is 5.29. The number of benzene rings is 1. The van der Waals surface area contributed by atoms with Gasteiger partial charge in [0.1, 0.15) is 11.7 Å². The Kier molecular flexibility index (Phi) is 4.73. The van der Waals surface area contributed by atoms with E-state index in [4.69, 9.17) is 9.47 Å². The van der Waals surface area contributed by atoms with Crippen LogP contribution < -0.4 is 0 Å². The van der Waals surface area contributed by atoms with Crippen LogP contribution in [-0.4, -0.2) is 30.5 Å². The lowest BCUT2D eigenvalue weighted by atomic mass is 9.83. The van der Waals surface area contributed by atoms with Gasteiger partial charge < -0.3 is 14.6 Å². The first-order valence-corrected chi connectivity index (χ1v) is 6.86. The standard InChI is InChI=1S/C15H20F2O3/c1-3-20-15(6-8-19-9-7-15)14(18)11-5-4-10(2)12(16)13(11)17/h4-5,14,18H,3,6-9H2,1-2H3. The third-order valence-electron chi connectivity index (χ3n) is 3.87. The first kappa shape index (κ1) is 15.4. The van der Waals surface area contributed by atoms with Gasteiger partial charge in [0.15, 0.2) is 11.6 Å². The van der Waals surface area contributed by atoms with E-state index >= 15 is 0 Å². The number of aliphatic hydroxyl groups is 1. The van der Waals surface area contributed by atoms with Crippen LogP contribution in [-0.2, 0) is 9.47 Å². The Hall–Kier alpha value is -1.04. The first-order chi connectivity index (χ1) is 9.52. The third-order valence-corrected chi connectivity index (χ3v) is 3.87. The van der Waals surface area contributed by atoms with Crippen molar-refractivity contribution in [2.45, 2.75) is 38.4 Å². The zero-order valence-corrected chi connectivity index (χ0v) is 11.8. The second kappa shape index (κ2) is 6.16. The minimum absolute atomic E-state index is 0.0524. The maximum atomic E-state index is 14.1. The Balaban J connectivity index is 2.37. The van der Waals surface area contributed by atoms with Gasteiger partial charge >= 0.3 is 0 Å². The Labute approximate surface area is 117 Å². The van der Waals surface area contributed by atoms with Crippen LogP contribution in [0.4, 0.5) is 8.78 Å². The molecule has 2 rings (SSSR count). The fourth-order valence-electron chi connectivity index (χ4n) is 2.66. The smallest absolute Gasteiger partial charge is 0.164 e. The van der Waals surface area contributed by atoms with E-state index in [1.807, 2.05) is 6.92 Å². The summed E-state index contributed by atoms with van der Waals surface area (Å²) >= 11 is 0. The average Bonchev–Trinajstić information content (AvgIpc) is 2.46. The summed E-state index contributed by atoms with van der Waals surface area (Å²) in [5.74, 6) is -1.91. The molecule has 20 heavy (non-hydrogen) atoms. The lowest BCUT2D eigenvalue weighted by Crippen LogP contribution is -2.45. The molecule has 1 aromatic carbocycles. The van der Waals surface area contributed by atoms with Crippen LogP contribution in [0.2, 0.25) is 0 Å². The highest BCUT2D eigenvalue weighted by Crippen LogP contribution is 2.39. The average molecular weight is 286 g/mol. The number of aryl methyl sites for hydroxylation is 1. The van der Waals surface area contributed by atoms with E-state index in [1.54, 1.807) is 0 Å². The number of halogens is 2. The molecule has 1 saturated heterocycles. The molecule has 0 radical (unpaired) electrons. The molecule has 0 aromatic heterocycles. The van der Waals surface area contributed by atoms with E-state index in [0.29, 0.717) is 32.7 Å². The largest absolute Gasteiger partial charge is 0.385 e. The van der Waals surface area contributed by atoms with Gasteiger partial charge in [0.2, 0.25) is 0 Å². The van der Waals surface area contributed by atoms with Gasteiger partial charge in [-0.25, -0.2) is 8.78 Å². The number of hydrogen-bond donors (Lipinski definition) is 1. The van der Waals surface area contributed by atoms with Crippen molar-refractivity contribution in [3.63, 3.8) is 0 Å². The number of hydrogen-bond acceptors (Lipinski definition) is 3. The highest BCUT2D eigenvalue weighted by atomic mass is 19.2. The third kappa shape index (κ3) is 2.71. The van der Waals surface area contributed by atoms with Crippen molar-refractivity contribution in [3.05, 3.63) is 34.9 Å². The van der Waals surface area contributed by atoms with E-state index in [-0.39, 0.29) is 11.1 Å². The van der Waals surface area contributed by atoms with Crippen LogP contribution in [0.5, 0.6) is 0 Å². The zero-order chi connectivity index (χ0) is 14.8. The monoisotopic (exact) mass is 286 g/mol. The lowest BCUT2D eigenvalue weighted by Gasteiger charge is -2.40. The van der Waals surface area contributed by atoms with E-state index in [2.05, 4.69) is 0 Å². The summed E-state index contributed by atoms with van der Waals surface area (Å²) in [6.07, 6.45) is -0.296. The topological polar surface area (TPSA) is 38.7 Å². The lowest BCUT2D eigenvalue weighted by molar-refractivity contribution is -0.168. The Morgan fingerprint density at radius 1 is 1.30 bits per heavy atom. The van der Waals surface area contributed by atoms with Gasteiger partial charge in [0.25, 0.3) is 0 Å². The molecule has 0 saturated carbocycles. The molecular formula is C15H20F2O3. The maximum Gasteiger partial charge on any atom is 0.164 e. The van der Waals surface area contributed by atoms with E-state index in [9.17, 15) is 13.9 Å². The van der Waals surface area contributed by atoms with Crippen LogP contribution in [0, 0.1) is 18.6 Å². The van der Waals surface area contributed by atoms with Crippen LogP contribution in [0.25, 0.3) is 0 Å². The van der Waals surface area contributed by atoms with Crippen LogP contribution in [0.1, 0.15) is 37.0 Å². The molecular weight excluding hydrogens is 266 g/mol. The normalized spacial score (nSPS) is 19.9. The van der Waals surface area contributed by atoms with Gasteiger partial charge in [-0.05, 0) is 19.4 Å². The van der Waals surface area contributed by atoms with Crippen molar-refractivity contribution < 1.29 is 23.4 Å². The fourth-order valence-corrected chi connectivity index (χ4v) is 2.66. The molecule has 1 aromatic rings. The summed E-state index contributed by atoms with van der Waals surface area (Å²) < 4.78 is 38.7. The van der Waals surface area contributed by atoms with Gasteiger partial charge in [-0.15, -0.1) is 0 Å². The summed E-state index contributed by atoms with van der Waals surface area (Å²) in [5.41, 5.74) is -0.741. The maximum absolute atomic E-state index is 14.1. The van der Waals surface area contributed by atoms with Gasteiger partial charge in [-0.2, -0.15) is 0 Å². The molecule has 5 heteroatoms. The van der Waals surface area contributed by atoms with Gasteiger partial charge in [-0.3, -0.25) is 0 Å². The minimum atomic E-state index is -1.21. The summed E-state index contributed by atoms with van der Waals surface area (Å²) in [6.45, 7) is 4.57. The second-order valence-electron chi connectivity index (χ2n) is 5.11. The molecule has 1 aliphatic rings. The fraction of sp³-hybridized carbons (Fsp3) is 0.600. The first-order valence-electron chi connectivity index (χ1n) is 6.86. The molecule has 1 fully saturated rings. The Morgan fingerprint density at radius 2 is 1.95 bits per heavy atom. The number of rotatable bonds is 4. The van der Waals surface area contributed by atoms with E-state index < -0.39 is 23.3 Å². The molecule has 0 spiro atoms. The van der Waals surface area contributed by atoms with Crippen molar-refractivity contribution in [2.24, 2.45) is 0 Å². The van der Waals surface area contributed by atoms with Crippen molar-refractivity contribution in [1.29, 1.82) is 0 Å². The molecule has 1 N–H and O–H groups in total. The highest BCUT2D eigenvalue weighted by Gasteiger charge is 2.42. The Bertz CT molecular complexity index is 465. The van der Waals surface area contributed by atoms with Crippen molar-refractivity contribution in [3.8, 4) is 0 Å². The minimum Gasteiger partial charge on any atom is -0.385 e. The summed E-state index contributed by atoms with van der Waals surface area (Å²) in [7, 11) is 0. The predicted molar refractivity (Wildman–Crippen MR) is 70.5 cm³/mol. The molecule has 1 heterocycles. The summed E-state index contributed by atoms with van der Waals surface area (Å²) in [4.78, 5) is 0. The molecule has 1 unspecified atom stereocenters. The van der Waals surface area contributed by atoms with Crippen LogP contribution in [0.3, 0.4) is 0 Å². The van der Waals surface area contributed by atoms with Crippen LogP contribution in [0.15, 0.2) is 12.1 Å². The quantitative estimate of drug-likeness (QED) is 0.925. The molecule has 0 aliphatic carbocycles. The van der Waals surface area contributed by atoms with E-state index in [0.717, 1.165) is 0 Å². The molecule has 0 bridgehead atoms. The van der Waals surface area contributed by atoms with Crippen LogP contribution >= 0.6 is 0 Å². The SMILES string of the molecule is CCOC1(C(O)c2ccc(C)c(F)c2F)CCOCC1. The summed E-state index contributed by atoms with van der Waals surface area (Å²) in [6, 6.07) is 2.89. The Morgan fingerprint density at radius 3 is 2.55 bits per heavy atom. The van der Waals surface area contributed by atoms with E-state index in [1.165, 1.54) is 19.1 Å². The number of aliphatic hydroxyl groups excluding tert-OH is 1. The van der Waals surface area contributed by atoms with Crippen molar-refractivity contribution in [1.82, 2.24) is 0 Å². The zero-order valence-electron chi connectivity index (χ0n) is 11.8. The molecule has 3 nitrogen and oxygen atoms in total. The molecule has 0 amide bonds. The summed E-state index contributed by atoms with van der Waals surface area (Å²) in [5, 5.41) is 10.5. The van der Waals surface area contributed by atoms with Crippen molar-refractivity contribution in [2.75, 3.05) is 19.8 Å². The molecule has 1 atom stereocenters. The second-order valence-corrected chi connectivity index (χ2v) is 5.11. The molecule has 112 valence electrons. The molecule has 1 aliphatic heterocycles. The van der Waals surface area contributed by atoms with Crippen molar-refractivity contribution >= 4 is 0 Å². The predicted octanol–water partition coefficient (Wildman–Crippen LogP) is 2.89.